The van der Waals surface area contributed by atoms with Gasteiger partial charge in [0.25, 0.3) is 0 Å². The number of ether oxygens (including phenoxy) is 3. The third kappa shape index (κ3) is 83.7. The lowest BCUT2D eigenvalue weighted by Crippen LogP contribution is -2.30. The number of hydrogen-bond acceptors (Lipinski definition) is 14. The molecule has 5 unspecified atom stereocenters. The van der Waals surface area contributed by atoms with E-state index in [1.165, 1.54) is 128 Å². The SMILES string of the molecule is CC/C=C\C/C=C\C/C=C\C/C=C\C/C=C\C/C=C\CCC(=O)OCC(COP(=O)(O)OCC(O)COP(=O)(O)OCC(O)COC(=O)CCCCCCCCCCCCCCCCCCCCC/C=C\C/C=C\C/C=C\C/C=C\CCCCC)OC(=O)CCCCCCCC/C=C\C/C=C\C/C=C\C/C=C\CC. The summed E-state index contributed by atoms with van der Waals surface area (Å²) < 4.78 is 61.1. The van der Waals surface area contributed by atoms with Crippen LogP contribution in [-0.2, 0) is 55.8 Å². The minimum Gasteiger partial charge on any atom is -0.463 e. The number of rotatable bonds is 79. The zero-order valence-corrected chi connectivity index (χ0v) is 70.0. The maximum Gasteiger partial charge on any atom is 0.472 e. The highest BCUT2D eigenvalue weighted by atomic mass is 31.2. The average Bonchev–Trinajstić information content (AvgIpc) is 0.903. The molecule has 0 heterocycles. The molecule has 0 saturated heterocycles. The van der Waals surface area contributed by atoms with Gasteiger partial charge in [0, 0.05) is 19.3 Å². The molecule has 622 valence electrons. The Hall–Kier alpha value is -5.09. The number of aliphatic hydroxyl groups is 2. The van der Waals surface area contributed by atoms with Crippen LogP contribution in [0.4, 0.5) is 0 Å². The third-order valence-electron chi connectivity index (χ3n) is 17.4. The molecule has 0 saturated carbocycles. The van der Waals surface area contributed by atoms with Gasteiger partial charge in [-0.2, -0.15) is 0 Å². The predicted molar refractivity (Wildman–Crippen MR) is 454 cm³/mol. The van der Waals surface area contributed by atoms with Gasteiger partial charge in [-0.05, 0) is 141 Å². The van der Waals surface area contributed by atoms with Gasteiger partial charge >= 0.3 is 33.6 Å². The van der Waals surface area contributed by atoms with Gasteiger partial charge in [0.15, 0.2) is 6.10 Å². The van der Waals surface area contributed by atoms with Crippen LogP contribution in [0.5, 0.6) is 0 Å². The van der Waals surface area contributed by atoms with Crippen molar-refractivity contribution >= 4 is 33.6 Å². The maximum atomic E-state index is 13.0. The van der Waals surface area contributed by atoms with Crippen LogP contribution in [0.25, 0.3) is 0 Å². The van der Waals surface area contributed by atoms with Crippen LogP contribution in [0.2, 0.25) is 0 Å². The van der Waals surface area contributed by atoms with Crippen LogP contribution >= 0.6 is 15.6 Å². The molecular weight excluding hydrogens is 1410 g/mol. The van der Waals surface area contributed by atoms with Gasteiger partial charge in [0.2, 0.25) is 0 Å². The molecule has 0 radical (unpaired) electrons. The highest BCUT2D eigenvalue weighted by Crippen LogP contribution is 2.45. The summed E-state index contributed by atoms with van der Waals surface area (Å²) in [6, 6.07) is 0. The van der Waals surface area contributed by atoms with E-state index in [0.717, 1.165) is 135 Å². The first-order valence-electron chi connectivity index (χ1n) is 42.4. The molecule has 18 heteroatoms. The van der Waals surface area contributed by atoms with Crippen molar-refractivity contribution in [1.29, 1.82) is 0 Å². The molecule has 0 aliphatic heterocycles. The highest BCUT2D eigenvalue weighted by molar-refractivity contribution is 7.47. The summed E-state index contributed by atoms with van der Waals surface area (Å²) in [5.41, 5.74) is 0. The van der Waals surface area contributed by atoms with Crippen molar-refractivity contribution in [3.63, 3.8) is 0 Å². The molecule has 5 atom stereocenters. The van der Waals surface area contributed by atoms with E-state index in [2.05, 4.69) is 173 Å². The van der Waals surface area contributed by atoms with Crippen LogP contribution < -0.4 is 0 Å². The maximum absolute atomic E-state index is 13.0. The summed E-state index contributed by atoms with van der Waals surface area (Å²) >= 11 is 0. The fourth-order valence-electron chi connectivity index (χ4n) is 11.0. The number of carbonyl (C=O) groups is 3. The number of esters is 3. The van der Waals surface area contributed by atoms with Crippen molar-refractivity contribution in [3.05, 3.63) is 170 Å². The van der Waals surface area contributed by atoms with Gasteiger partial charge in [-0.3, -0.25) is 32.5 Å². The summed E-state index contributed by atoms with van der Waals surface area (Å²) in [5.74, 6) is -1.69. The zero-order valence-electron chi connectivity index (χ0n) is 68.2. The molecule has 0 spiro atoms. The fourth-order valence-corrected chi connectivity index (χ4v) is 12.6. The van der Waals surface area contributed by atoms with Gasteiger partial charge in [-0.15, -0.1) is 0 Å². The van der Waals surface area contributed by atoms with E-state index >= 15 is 0 Å². The fraction of sp³-hybridized carbons (Fsp3) is 0.659. The Balaban J connectivity index is 4.51. The summed E-state index contributed by atoms with van der Waals surface area (Å²) in [5, 5.41) is 20.7. The van der Waals surface area contributed by atoms with E-state index in [0.29, 0.717) is 25.7 Å². The van der Waals surface area contributed by atoms with Crippen molar-refractivity contribution < 1.29 is 75.8 Å². The standard InChI is InChI=1S/C91H152O16P2/c1-4-7-10-13-16-19-22-25-28-31-34-35-36-37-38-39-40-41-42-43-44-45-46-47-48-49-52-54-56-59-62-65-68-71-74-77-89(94)101-80-86(92)81-103-108(97,98)104-82-87(93)83-105-109(99,100)106-85-88(107-91(96)79-76-73-70-67-64-61-58-55-51-33-30-27-24-21-18-15-12-9-6-3)84-102-90(95)78-75-72-69-66-63-60-57-53-50-32-29-26-23-20-17-14-11-8-5-2/h8-9,11-12,16-21,25-30,34-35,37-38,50-51,53,55,60,63,69,72,86-88,92-93H,4-7,10,13-15,22-24,31-33,36,39-49,52,54,56-59,61-62,64-68,70-71,73-85H2,1-3H3,(H,97,98)(H,99,100)/b11-8-,12-9-,19-16-,20-17-,21-18-,28-25-,29-26-,30-27-,35-34-,38-37-,53-50-,55-51-,63-60-,72-69-. The van der Waals surface area contributed by atoms with E-state index in [9.17, 15) is 43.5 Å². The molecular formula is C91H152O16P2. The summed E-state index contributed by atoms with van der Waals surface area (Å²) in [7, 11) is -9.83. The van der Waals surface area contributed by atoms with Gasteiger partial charge in [0.05, 0.1) is 26.4 Å². The lowest BCUT2D eigenvalue weighted by molar-refractivity contribution is -0.161. The monoisotopic (exact) mass is 1560 g/mol. The van der Waals surface area contributed by atoms with Crippen molar-refractivity contribution in [1.82, 2.24) is 0 Å². The average molecular weight is 1560 g/mol. The Kier molecular flexibility index (Phi) is 78.5. The normalized spacial score (nSPS) is 14.7. The second kappa shape index (κ2) is 82.4. The first-order valence-corrected chi connectivity index (χ1v) is 45.4. The predicted octanol–water partition coefficient (Wildman–Crippen LogP) is 25.5. The Labute approximate surface area is 662 Å². The number of unbranched alkanes of at least 4 members (excludes halogenated alkanes) is 28. The van der Waals surface area contributed by atoms with Crippen LogP contribution in [0.1, 0.15) is 329 Å². The second-order valence-electron chi connectivity index (χ2n) is 27.9. The quantitative estimate of drug-likeness (QED) is 0.0146. The molecule has 0 aromatic rings. The molecule has 0 aromatic carbocycles. The number of phosphoric acid groups is 2. The van der Waals surface area contributed by atoms with Crippen LogP contribution in [0.3, 0.4) is 0 Å². The first-order chi connectivity index (χ1) is 53.2. The van der Waals surface area contributed by atoms with E-state index in [1.54, 1.807) is 0 Å². The first kappa shape index (κ1) is 104. The molecule has 4 N–H and O–H groups in total. The van der Waals surface area contributed by atoms with E-state index in [4.69, 9.17) is 32.3 Å². The van der Waals surface area contributed by atoms with E-state index in [1.807, 2.05) is 18.2 Å². The highest BCUT2D eigenvalue weighted by Gasteiger charge is 2.29. The molecule has 0 aliphatic carbocycles. The largest absolute Gasteiger partial charge is 0.472 e. The van der Waals surface area contributed by atoms with Gasteiger partial charge in [-0.25, -0.2) is 9.13 Å². The minimum atomic E-state index is -4.96. The number of aliphatic hydroxyl groups excluding tert-OH is 2. The van der Waals surface area contributed by atoms with Gasteiger partial charge in [0.1, 0.15) is 25.4 Å². The van der Waals surface area contributed by atoms with Crippen molar-refractivity contribution in [2.75, 3.05) is 39.6 Å². The smallest absolute Gasteiger partial charge is 0.463 e. The molecule has 16 nitrogen and oxygen atoms in total. The minimum absolute atomic E-state index is 0.0362. The summed E-state index contributed by atoms with van der Waals surface area (Å²) in [6.45, 7) is 2.33. The van der Waals surface area contributed by atoms with Gasteiger partial charge in [-0.1, -0.05) is 339 Å². The number of phosphoric ester groups is 2. The van der Waals surface area contributed by atoms with Crippen LogP contribution in [-0.4, -0.2) is 95.9 Å². The molecule has 0 fully saturated rings. The van der Waals surface area contributed by atoms with Gasteiger partial charge < -0.3 is 34.2 Å². The zero-order chi connectivity index (χ0) is 79.4. The number of carbonyl (C=O) groups excluding carboxylic acids is 3. The van der Waals surface area contributed by atoms with Crippen molar-refractivity contribution in [2.45, 2.75) is 347 Å². The summed E-state index contributed by atoms with van der Waals surface area (Å²) in [6.07, 6.45) is 106. The molecule has 109 heavy (non-hydrogen) atoms. The van der Waals surface area contributed by atoms with E-state index in [-0.39, 0.29) is 19.3 Å². The van der Waals surface area contributed by atoms with Crippen molar-refractivity contribution in [2.24, 2.45) is 0 Å². The third-order valence-corrected chi connectivity index (χ3v) is 19.3. The molecule has 0 aliphatic rings. The Morgan fingerprint density at radius 2 is 0.505 bits per heavy atom. The van der Waals surface area contributed by atoms with Crippen molar-refractivity contribution in [3.8, 4) is 0 Å². The number of allylic oxidation sites excluding steroid dienone is 28. The lowest BCUT2D eigenvalue weighted by atomic mass is 10.0. The summed E-state index contributed by atoms with van der Waals surface area (Å²) in [4.78, 5) is 58.7. The molecule has 0 amide bonds. The molecule has 0 aromatic heterocycles. The van der Waals surface area contributed by atoms with Crippen LogP contribution in [0.15, 0.2) is 170 Å². The Morgan fingerprint density at radius 1 is 0.266 bits per heavy atom. The topological polar surface area (TPSA) is 231 Å². The molecule has 0 rings (SSSR count). The Morgan fingerprint density at radius 3 is 0.826 bits per heavy atom. The second-order valence-corrected chi connectivity index (χ2v) is 30.8. The molecule has 0 bridgehead atoms. The number of hydrogen-bond donors (Lipinski definition) is 4. The van der Waals surface area contributed by atoms with Crippen LogP contribution in [0, 0.1) is 0 Å². The lowest BCUT2D eigenvalue weighted by Gasteiger charge is -2.21. The van der Waals surface area contributed by atoms with E-state index < -0.39 is 91.5 Å². The Bertz CT molecular complexity index is 2660.